The Labute approximate surface area is 165 Å². The number of nitrogens with one attached hydrogen (secondary N) is 1. The molecule has 0 aliphatic heterocycles. The first-order valence-electron chi connectivity index (χ1n) is 10.5. The van der Waals surface area contributed by atoms with Gasteiger partial charge in [0.05, 0.1) is 11.0 Å². The number of rotatable bonds is 9. The fourth-order valence-electron chi connectivity index (χ4n) is 3.31. The summed E-state index contributed by atoms with van der Waals surface area (Å²) in [5.41, 5.74) is 5.17. The summed E-state index contributed by atoms with van der Waals surface area (Å²) in [4.78, 5) is 4.85. The Morgan fingerprint density at radius 1 is 0.815 bits per heavy atom. The topological polar surface area (TPSA) is 24.4 Å². The van der Waals surface area contributed by atoms with Crippen molar-refractivity contribution in [3.63, 3.8) is 0 Å². The molecule has 0 aliphatic rings. The number of benzene rings is 1. The van der Waals surface area contributed by atoms with Crippen molar-refractivity contribution in [2.45, 2.75) is 60.3 Å². The van der Waals surface area contributed by atoms with E-state index in [9.17, 15) is 0 Å². The molecule has 0 aromatic heterocycles. The molecule has 0 fully saturated rings. The zero-order valence-electron chi connectivity index (χ0n) is 17.8. The lowest BCUT2D eigenvalue weighted by Gasteiger charge is -2.19. The molecule has 2 aromatic carbocycles. The zero-order chi connectivity index (χ0) is 19.6. The van der Waals surface area contributed by atoms with Crippen LogP contribution < -0.4 is 10.7 Å². The number of nitrogens with zero attached hydrogens (tertiary/aromatic N) is 1. The van der Waals surface area contributed by atoms with Crippen LogP contribution in [0.2, 0.25) is 0 Å². The fourth-order valence-corrected chi connectivity index (χ4v) is 3.31. The minimum atomic E-state index is 0.625. The van der Waals surface area contributed by atoms with Crippen molar-refractivity contribution in [1.29, 1.82) is 0 Å². The van der Waals surface area contributed by atoms with Gasteiger partial charge in [0.15, 0.2) is 0 Å². The van der Waals surface area contributed by atoms with E-state index in [0.29, 0.717) is 11.8 Å². The van der Waals surface area contributed by atoms with E-state index < -0.39 is 0 Å². The largest absolute Gasteiger partial charge is 0.353 e. The Balaban J connectivity index is 2.49. The molecule has 0 unspecified atom stereocenters. The van der Waals surface area contributed by atoms with Crippen molar-refractivity contribution in [3.05, 3.63) is 65.0 Å². The third-order valence-electron chi connectivity index (χ3n) is 4.56. The van der Waals surface area contributed by atoms with Crippen molar-refractivity contribution in [3.8, 4) is 0 Å². The van der Waals surface area contributed by atoms with Crippen LogP contribution >= 0.6 is 0 Å². The maximum absolute atomic E-state index is 4.85. The molecular formula is C25H36N2. The average molecular weight is 365 g/mol. The highest BCUT2D eigenvalue weighted by Crippen LogP contribution is 2.28. The van der Waals surface area contributed by atoms with Crippen molar-refractivity contribution in [1.82, 2.24) is 0 Å². The lowest BCUT2D eigenvalue weighted by atomic mass is 9.94. The SMILES string of the molecule is CCCCN=c1cccccc1Nc1c(CC(C)C)cccc1CC(C)C. The first kappa shape index (κ1) is 21.2. The normalized spacial score (nSPS) is 12.0. The van der Waals surface area contributed by atoms with Gasteiger partial charge in [-0.25, -0.2) is 0 Å². The van der Waals surface area contributed by atoms with E-state index in [1.807, 2.05) is 0 Å². The number of hydrogen-bond acceptors (Lipinski definition) is 2. The first-order valence-corrected chi connectivity index (χ1v) is 10.5. The maximum Gasteiger partial charge on any atom is 0.0809 e. The summed E-state index contributed by atoms with van der Waals surface area (Å²) in [6.07, 6.45) is 4.45. The average Bonchev–Trinajstić information content (AvgIpc) is 2.82. The molecule has 0 amide bonds. The van der Waals surface area contributed by atoms with Gasteiger partial charge in [-0.05, 0) is 54.4 Å². The highest BCUT2D eigenvalue weighted by Gasteiger charge is 2.12. The Bertz CT molecular complexity index is 747. The Morgan fingerprint density at radius 3 is 2.04 bits per heavy atom. The van der Waals surface area contributed by atoms with Gasteiger partial charge in [-0.1, -0.05) is 77.4 Å². The van der Waals surface area contributed by atoms with Gasteiger partial charge in [0, 0.05) is 12.2 Å². The van der Waals surface area contributed by atoms with Gasteiger partial charge in [0.25, 0.3) is 0 Å². The summed E-state index contributed by atoms with van der Waals surface area (Å²) < 4.78 is 0. The molecule has 0 saturated heterocycles. The van der Waals surface area contributed by atoms with Gasteiger partial charge >= 0.3 is 0 Å². The van der Waals surface area contributed by atoms with Crippen LogP contribution in [0.1, 0.15) is 58.6 Å². The Hall–Kier alpha value is -2.09. The minimum Gasteiger partial charge on any atom is -0.353 e. The second-order valence-corrected chi connectivity index (χ2v) is 8.22. The van der Waals surface area contributed by atoms with Gasteiger partial charge in [-0.15, -0.1) is 0 Å². The van der Waals surface area contributed by atoms with E-state index in [2.05, 4.69) is 88.5 Å². The summed E-state index contributed by atoms with van der Waals surface area (Å²) in [6.45, 7) is 12.2. The lowest BCUT2D eigenvalue weighted by Crippen LogP contribution is -2.11. The lowest BCUT2D eigenvalue weighted by molar-refractivity contribution is 0.638. The highest BCUT2D eigenvalue weighted by atomic mass is 14.9. The van der Waals surface area contributed by atoms with Gasteiger partial charge < -0.3 is 5.32 Å². The molecule has 2 aromatic rings. The number of anilines is 2. The van der Waals surface area contributed by atoms with Crippen LogP contribution in [-0.2, 0) is 12.8 Å². The van der Waals surface area contributed by atoms with Crippen LogP contribution in [-0.4, -0.2) is 6.54 Å². The first-order chi connectivity index (χ1) is 13.0. The van der Waals surface area contributed by atoms with Gasteiger partial charge in [-0.3, -0.25) is 4.99 Å². The molecule has 0 radical (unpaired) electrons. The monoisotopic (exact) mass is 364 g/mol. The molecule has 1 N–H and O–H groups in total. The summed E-state index contributed by atoms with van der Waals surface area (Å²) in [5.74, 6) is 1.25. The predicted octanol–water partition coefficient (Wildman–Crippen LogP) is 6.53. The van der Waals surface area contributed by atoms with Crippen LogP contribution in [0.15, 0.2) is 53.5 Å². The number of hydrogen-bond donors (Lipinski definition) is 1. The minimum absolute atomic E-state index is 0.625. The Morgan fingerprint density at radius 2 is 1.44 bits per heavy atom. The molecule has 2 nitrogen and oxygen atoms in total. The van der Waals surface area contributed by atoms with Crippen molar-refractivity contribution >= 4 is 11.4 Å². The summed E-state index contributed by atoms with van der Waals surface area (Å²) in [6, 6.07) is 17.2. The van der Waals surface area contributed by atoms with E-state index >= 15 is 0 Å². The van der Waals surface area contributed by atoms with Crippen molar-refractivity contribution in [2.75, 3.05) is 11.9 Å². The number of unbranched alkanes of at least 4 members (excludes halogenated alkanes) is 1. The molecule has 27 heavy (non-hydrogen) atoms. The van der Waals surface area contributed by atoms with Gasteiger partial charge in [-0.2, -0.15) is 0 Å². The third-order valence-corrected chi connectivity index (χ3v) is 4.56. The molecule has 0 heterocycles. The van der Waals surface area contributed by atoms with Gasteiger partial charge in [0.1, 0.15) is 0 Å². The summed E-state index contributed by atoms with van der Waals surface area (Å²) in [5, 5.41) is 4.82. The van der Waals surface area contributed by atoms with Crippen molar-refractivity contribution in [2.24, 2.45) is 16.8 Å². The Kier molecular flexibility index (Phi) is 8.57. The van der Waals surface area contributed by atoms with Crippen LogP contribution in [0.25, 0.3) is 0 Å². The summed E-state index contributed by atoms with van der Waals surface area (Å²) >= 11 is 0. The molecule has 0 saturated carbocycles. The van der Waals surface area contributed by atoms with Crippen LogP contribution in [0.4, 0.5) is 11.4 Å². The van der Waals surface area contributed by atoms with E-state index in [1.165, 1.54) is 23.2 Å². The third kappa shape index (κ3) is 6.86. The quantitative estimate of drug-likeness (QED) is 0.503. The fraction of sp³-hybridized carbons (Fsp3) is 0.480. The van der Waals surface area contributed by atoms with Gasteiger partial charge in [0.2, 0.25) is 0 Å². The molecule has 2 heteroatoms. The van der Waals surface area contributed by atoms with E-state index in [1.54, 1.807) is 0 Å². The van der Waals surface area contributed by atoms with E-state index in [0.717, 1.165) is 36.9 Å². The summed E-state index contributed by atoms with van der Waals surface area (Å²) in [7, 11) is 0. The standard InChI is InChI=1S/C25H36N2/c1-6-7-16-26-23-14-9-8-10-15-24(23)27-25-21(17-19(2)3)12-11-13-22(25)18-20(4)5/h8-15,19-20H,6-7,16-18H2,1-5H3,(H,26,27). The number of para-hydroxylation sites is 1. The van der Waals surface area contributed by atoms with Crippen LogP contribution in [0, 0.1) is 11.8 Å². The van der Waals surface area contributed by atoms with E-state index in [-0.39, 0.29) is 0 Å². The van der Waals surface area contributed by atoms with Crippen LogP contribution in [0.5, 0.6) is 0 Å². The molecular weight excluding hydrogens is 328 g/mol. The molecule has 146 valence electrons. The molecule has 0 aliphatic carbocycles. The van der Waals surface area contributed by atoms with E-state index in [4.69, 9.17) is 4.99 Å². The molecule has 0 atom stereocenters. The molecule has 2 rings (SSSR count). The maximum atomic E-state index is 4.85. The molecule has 0 bridgehead atoms. The smallest absolute Gasteiger partial charge is 0.0809 e. The zero-order valence-corrected chi connectivity index (χ0v) is 17.8. The van der Waals surface area contributed by atoms with Crippen LogP contribution in [0.3, 0.4) is 0 Å². The molecule has 0 spiro atoms. The predicted molar refractivity (Wildman–Crippen MR) is 119 cm³/mol. The van der Waals surface area contributed by atoms with Crippen molar-refractivity contribution < 1.29 is 0 Å². The highest BCUT2D eigenvalue weighted by molar-refractivity contribution is 5.67. The second kappa shape index (κ2) is 10.9. The second-order valence-electron chi connectivity index (χ2n) is 8.22.